The number of carbonyl (C=O) groups is 1. The molecule has 0 aliphatic heterocycles. The van der Waals surface area contributed by atoms with Crippen molar-refractivity contribution in [3.63, 3.8) is 0 Å². The molecule has 2 aromatic heterocycles. The summed E-state index contributed by atoms with van der Waals surface area (Å²) in [5.41, 5.74) is 0.750. The Labute approximate surface area is 152 Å². The third-order valence-corrected chi connectivity index (χ3v) is 3.92. The molecule has 0 saturated heterocycles. The lowest BCUT2D eigenvalue weighted by Crippen LogP contribution is -2.26. The largest absolute Gasteiger partial charge is 0.291 e. The average Bonchev–Trinajstić information content (AvgIpc) is 3.20. The first-order valence-electron chi connectivity index (χ1n) is 8.12. The van der Waals surface area contributed by atoms with Crippen LogP contribution >= 0.6 is 0 Å². The molecule has 1 amide bonds. The number of rotatable bonds is 6. The monoisotopic (exact) mass is 378 g/mol. The van der Waals surface area contributed by atoms with Crippen LogP contribution in [0, 0.1) is 12.7 Å². The Kier molecular flexibility index (Phi) is 5.24. The van der Waals surface area contributed by atoms with Gasteiger partial charge < -0.3 is 0 Å². The van der Waals surface area contributed by atoms with Crippen molar-refractivity contribution >= 4 is 11.9 Å². The molecule has 3 aromatic rings. The lowest BCUT2D eigenvalue weighted by atomic mass is 10.2. The van der Waals surface area contributed by atoms with Gasteiger partial charge in [-0.15, -0.1) is 5.10 Å². The molecule has 27 heavy (non-hydrogen) atoms. The first-order valence-corrected chi connectivity index (χ1v) is 8.12. The fourth-order valence-electron chi connectivity index (χ4n) is 2.59. The minimum Gasteiger partial charge on any atom is -0.291 e. The van der Waals surface area contributed by atoms with Crippen molar-refractivity contribution in [3.8, 4) is 0 Å². The Hall–Kier alpha value is -3.17. The molecular formula is C17H17F3N6O. The molecule has 0 aliphatic rings. The number of nitrogens with zero attached hydrogens (tertiary/aromatic N) is 5. The molecule has 7 nitrogen and oxygen atoms in total. The van der Waals surface area contributed by atoms with E-state index in [0.29, 0.717) is 11.3 Å². The number of nitrogens with one attached hydrogen (secondary N) is 1. The molecule has 2 heterocycles. The van der Waals surface area contributed by atoms with E-state index in [4.69, 9.17) is 0 Å². The summed E-state index contributed by atoms with van der Waals surface area (Å²) in [7, 11) is 0. The summed E-state index contributed by atoms with van der Waals surface area (Å²) < 4.78 is 41.4. The topological polar surface area (TPSA) is 77.6 Å². The predicted octanol–water partition coefficient (Wildman–Crippen LogP) is 3.11. The number of carbonyl (C=O) groups excluding carboxylic acids is 1. The molecular weight excluding hydrogens is 361 g/mol. The Bertz CT molecular complexity index is 952. The van der Waals surface area contributed by atoms with Gasteiger partial charge in [0.05, 0.1) is 6.54 Å². The summed E-state index contributed by atoms with van der Waals surface area (Å²) in [5.74, 6) is -0.791. The zero-order chi connectivity index (χ0) is 19.6. The van der Waals surface area contributed by atoms with Crippen LogP contribution in [0.4, 0.5) is 19.1 Å². The molecule has 10 heteroatoms. The Morgan fingerprint density at radius 3 is 2.70 bits per heavy atom. The number of anilines is 1. The van der Waals surface area contributed by atoms with Crippen molar-refractivity contribution < 1.29 is 18.0 Å². The summed E-state index contributed by atoms with van der Waals surface area (Å²) in [4.78, 5) is 16.3. The lowest BCUT2D eigenvalue weighted by Gasteiger charge is -2.12. The van der Waals surface area contributed by atoms with Gasteiger partial charge in [0.25, 0.3) is 12.3 Å². The van der Waals surface area contributed by atoms with Crippen LogP contribution in [-0.2, 0) is 11.3 Å². The van der Waals surface area contributed by atoms with E-state index >= 15 is 0 Å². The van der Waals surface area contributed by atoms with Crippen molar-refractivity contribution in [2.75, 3.05) is 5.32 Å². The van der Waals surface area contributed by atoms with Crippen molar-refractivity contribution in [2.45, 2.75) is 32.9 Å². The number of hydrogen-bond donors (Lipinski definition) is 1. The third kappa shape index (κ3) is 4.33. The van der Waals surface area contributed by atoms with Gasteiger partial charge in [-0.1, -0.05) is 12.1 Å². The molecule has 0 spiro atoms. The van der Waals surface area contributed by atoms with Crippen LogP contribution in [-0.4, -0.2) is 30.5 Å². The minimum absolute atomic E-state index is 0.0575. The van der Waals surface area contributed by atoms with Crippen molar-refractivity contribution in [1.82, 2.24) is 24.5 Å². The number of aryl methyl sites for hydroxylation is 1. The lowest BCUT2D eigenvalue weighted by molar-refractivity contribution is -0.119. The molecule has 142 valence electrons. The van der Waals surface area contributed by atoms with Crippen LogP contribution in [0.1, 0.15) is 36.3 Å². The van der Waals surface area contributed by atoms with E-state index in [1.54, 1.807) is 19.1 Å². The zero-order valence-electron chi connectivity index (χ0n) is 14.6. The fraction of sp³-hybridized carbons (Fsp3) is 0.294. The van der Waals surface area contributed by atoms with Crippen LogP contribution in [0.3, 0.4) is 0 Å². The number of aromatic nitrogens is 5. The highest BCUT2D eigenvalue weighted by atomic mass is 19.3. The normalized spacial score (nSPS) is 12.4. The van der Waals surface area contributed by atoms with Gasteiger partial charge in [-0.05, 0) is 37.6 Å². The van der Waals surface area contributed by atoms with Gasteiger partial charge in [0.15, 0.2) is 0 Å². The summed E-state index contributed by atoms with van der Waals surface area (Å²) >= 11 is 0. The Balaban J connectivity index is 1.67. The first-order chi connectivity index (χ1) is 12.8. The van der Waals surface area contributed by atoms with Crippen molar-refractivity contribution in [3.05, 3.63) is 59.4 Å². The third-order valence-electron chi connectivity index (χ3n) is 3.92. The molecule has 0 radical (unpaired) electrons. The van der Waals surface area contributed by atoms with Crippen molar-refractivity contribution in [2.24, 2.45) is 0 Å². The number of hydrogen-bond acceptors (Lipinski definition) is 4. The molecule has 1 aromatic carbocycles. The smallest absolute Gasteiger partial charge is 0.282 e. The van der Waals surface area contributed by atoms with Crippen LogP contribution in [0.25, 0.3) is 0 Å². The van der Waals surface area contributed by atoms with Crippen LogP contribution < -0.4 is 5.32 Å². The predicted molar refractivity (Wildman–Crippen MR) is 90.8 cm³/mol. The average molecular weight is 378 g/mol. The number of alkyl halides is 2. The number of halogens is 3. The summed E-state index contributed by atoms with van der Waals surface area (Å²) in [6.07, 6.45) is -1.31. The summed E-state index contributed by atoms with van der Waals surface area (Å²) in [6, 6.07) is 6.46. The zero-order valence-corrected chi connectivity index (χ0v) is 14.6. The second kappa shape index (κ2) is 7.60. The van der Waals surface area contributed by atoms with Crippen LogP contribution in [0.2, 0.25) is 0 Å². The van der Waals surface area contributed by atoms with Gasteiger partial charge in [-0.2, -0.15) is 5.10 Å². The van der Waals surface area contributed by atoms with Gasteiger partial charge >= 0.3 is 0 Å². The standard InChI is InChI=1S/C17H17F3N6O/c1-10-6-14(15(19)20)23-26(10)11(2)16(27)22-17-21-9-25(24-17)8-12-4-3-5-13(18)7-12/h3-7,9,11,15H,8H2,1-2H3,(H,22,24,27). The Morgan fingerprint density at radius 2 is 2.04 bits per heavy atom. The summed E-state index contributed by atoms with van der Waals surface area (Å²) in [6.45, 7) is 3.41. The van der Waals surface area contributed by atoms with E-state index in [0.717, 1.165) is 0 Å². The number of benzene rings is 1. The van der Waals surface area contributed by atoms with Gasteiger partial charge in [-0.3, -0.25) is 14.8 Å². The first kappa shape index (κ1) is 18.6. The minimum atomic E-state index is -2.71. The highest BCUT2D eigenvalue weighted by molar-refractivity contribution is 5.91. The molecule has 0 bridgehead atoms. The molecule has 1 N–H and O–H groups in total. The molecule has 0 fully saturated rings. The van der Waals surface area contributed by atoms with E-state index in [1.165, 1.54) is 40.8 Å². The van der Waals surface area contributed by atoms with Crippen molar-refractivity contribution in [1.29, 1.82) is 0 Å². The SMILES string of the molecule is Cc1cc(C(F)F)nn1C(C)C(=O)Nc1ncn(Cc2cccc(F)c2)n1. The highest BCUT2D eigenvalue weighted by Crippen LogP contribution is 2.20. The maximum atomic E-state index is 13.2. The maximum absolute atomic E-state index is 13.2. The second-order valence-corrected chi connectivity index (χ2v) is 6.02. The highest BCUT2D eigenvalue weighted by Gasteiger charge is 2.22. The quantitative estimate of drug-likeness (QED) is 0.715. The van der Waals surface area contributed by atoms with E-state index < -0.39 is 18.4 Å². The molecule has 0 saturated carbocycles. The van der Waals surface area contributed by atoms with Gasteiger partial charge in [-0.25, -0.2) is 22.8 Å². The maximum Gasteiger partial charge on any atom is 0.282 e. The van der Waals surface area contributed by atoms with E-state index in [-0.39, 0.29) is 24.0 Å². The Morgan fingerprint density at radius 1 is 1.26 bits per heavy atom. The molecule has 0 aliphatic carbocycles. The molecule has 3 rings (SSSR count). The number of amides is 1. The fourth-order valence-corrected chi connectivity index (χ4v) is 2.59. The van der Waals surface area contributed by atoms with Crippen LogP contribution in [0.5, 0.6) is 0 Å². The van der Waals surface area contributed by atoms with Gasteiger partial charge in [0, 0.05) is 5.69 Å². The molecule has 1 unspecified atom stereocenters. The molecule has 1 atom stereocenters. The second-order valence-electron chi connectivity index (χ2n) is 6.02. The van der Waals surface area contributed by atoms with E-state index in [1.807, 2.05) is 0 Å². The van der Waals surface area contributed by atoms with E-state index in [2.05, 4.69) is 20.5 Å². The van der Waals surface area contributed by atoms with Gasteiger partial charge in [0.2, 0.25) is 5.95 Å². The van der Waals surface area contributed by atoms with Crippen LogP contribution in [0.15, 0.2) is 36.7 Å². The van der Waals surface area contributed by atoms with Gasteiger partial charge in [0.1, 0.15) is 23.9 Å². The summed E-state index contributed by atoms with van der Waals surface area (Å²) in [5, 5.41) is 10.4. The van der Waals surface area contributed by atoms with E-state index in [9.17, 15) is 18.0 Å².